The zero-order chi connectivity index (χ0) is 12.9. The molecule has 3 rings (SSSR count). The van der Waals surface area contributed by atoms with E-state index in [-0.39, 0.29) is 5.54 Å². The molecule has 2 aromatic rings. The minimum absolute atomic E-state index is 0.257. The lowest BCUT2D eigenvalue weighted by Crippen LogP contribution is -2.45. The Morgan fingerprint density at radius 3 is 2.67 bits per heavy atom. The van der Waals surface area contributed by atoms with Crippen LogP contribution in [-0.4, -0.2) is 9.55 Å². The van der Waals surface area contributed by atoms with E-state index in [9.17, 15) is 0 Å². The summed E-state index contributed by atoms with van der Waals surface area (Å²) in [4.78, 5) is 4.74. The number of aromatic nitrogens is 2. The van der Waals surface area contributed by atoms with E-state index in [1.165, 1.54) is 6.42 Å². The van der Waals surface area contributed by atoms with Gasteiger partial charge in [0.2, 0.25) is 0 Å². The quantitative estimate of drug-likeness (QED) is 0.900. The summed E-state index contributed by atoms with van der Waals surface area (Å²) in [5.74, 6) is 0.992. The fourth-order valence-corrected chi connectivity index (χ4v) is 3.00. The van der Waals surface area contributed by atoms with Crippen LogP contribution in [0.15, 0.2) is 18.2 Å². The maximum absolute atomic E-state index is 6.45. The minimum Gasteiger partial charge on any atom is -0.323 e. The number of imidazole rings is 1. The van der Waals surface area contributed by atoms with E-state index in [1.807, 2.05) is 18.2 Å². The molecule has 0 atom stereocenters. The van der Waals surface area contributed by atoms with E-state index in [0.29, 0.717) is 6.04 Å². The van der Waals surface area contributed by atoms with Crippen LogP contribution < -0.4 is 5.73 Å². The number of para-hydroxylation sites is 1. The van der Waals surface area contributed by atoms with Gasteiger partial charge in [-0.15, -0.1) is 0 Å². The molecule has 1 saturated carbocycles. The van der Waals surface area contributed by atoms with E-state index < -0.39 is 0 Å². The fourth-order valence-electron chi connectivity index (χ4n) is 2.74. The highest BCUT2D eigenvalue weighted by Crippen LogP contribution is 2.41. The molecule has 1 aliphatic rings. The van der Waals surface area contributed by atoms with Gasteiger partial charge >= 0.3 is 0 Å². The number of hydrogen-bond acceptors (Lipinski definition) is 2. The Morgan fingerprint density at radius 1 is 1.39 bits per heavy atom. The standard InChI is InChI=1S/C14H18ClN3/c1-9(2)18-12-10(15)5-3-6-11(12)17-13(18)14(16)7-4-8-14/h3,5-6,9H,4,7-8,16H2,1-2H3. The molecular weight excluding hydrogens is 246 g/mol. The largest absolute Gasteiger partial charge is 0.323 e. The van der Waals surface area contributed by atoms with Crippen molar-refractivity contribution in [3.8, 4) is 0 Å². The van der Waals surface area contributed by atoms with Gasteiger partial charge in [-0.05, 0) is 45.2 Å². The average molecular weight is 264 g/mol. The number of halogens is 1. The Kier molecular flexibility index (Phi) is 2.65. The first-order chi connectivity index (χ1) is 8.53. The van der Waals surface area contributed by atoms with E-state index in [0.717, 1.165) is 34.7 Å². The molecule has 18 heavy (non-hydrogen) atoms. The summed E-state index contributed by atoms with van der Waals surface area (Å²) in [5.41, 5.74) is 8.15. The molecule has 0 aliphatic heterocycles. The van der Waals surface area contributed by atoms with Crippen LogP contribution in [0.3, 0.4) is 0 Å². The van der Waals surface area contributed by atoms with Crippen molar-refractivity contribution in [2.45, 2.75) is 44.7 Å². The normalized spacial score (nSPS) is 18.3. The summed E-state index contributed by atoms with van der Waals surface area (Å²) in [6, 6.07) is 6.17. The van der Waals surface area contributed by atoms with Gasteiger partial charge in [-0.2, -0.15) is 0 Å². The predicted octanol–water partition coefficient (Wildman–Crippen LogP) is 3.61. The highest BCUT2D eigenvalue weighted by Gasteiger charge is 2.39. The third-order valence-electron chi connectivity index (χ3n) is 3.87. The summed E-state index contributed by atoms with van der Waals surface area (Å²) in [7, 11) is 0. The molecule has 1 fully saturated rings. The third-order valence-corrected chi connectivity index (χ3v) is 4.17. The zero-order valence-electron chi connectivity index (χ0n) is 10.8. The van der Waals surface area contributed by atoms with Crippen molar-refractivity contribution < 1.29 is 0 Å². The number of rotatable bonds is 2. The van der Waals surface area contributed by atoms with Crippen molar-refractivity contribution in [2.75, 3.05) is 0 Å². The molecule has 2 N–H and O–H groups in total. The Hall–Kier alpha value is -1.06. The summed E-state index contributed by atoms with van der Waals surface area (Å²) in [5, 5.41) is 0.753. The lowest BCUT2D eigenvalue weighted by molar-refractivity contribution is 0.228. The molecule has 1 aromatic carbocycles. The van der Waals surface area contributed by atoms with Crippen molar-refractivity contribution in [3.63, 3.8) is 0 Å². The number of hydrogen-bond donors (Lipinski definition) is 1. The van der Waals surface area contributed by atoms with Crippen LogP contribution in [0.4, 0.5) is 0 Å². The van der Waals surface area contributed by atoms with Gasteiger partial charge in [-0.3, -0.25) is 0 Å². The monoisotopic (exact) mass is 263 g/mol. The second kappa shape index (κ2) is 3.97. The van der Waals surface area contributed by atoms with Crippen LogP contribution >= 0.6 is 11.6 Å². The van der Waals surface area contributed by atoms with E-state index in [4.69, 9.17) is 22.3 Å². The molecule has 1 aromatic heterocycles. The minimum atomic E-state index is -0.257. The molecule has 4 heteroatoms. The Labute approximate surface area is 112 Å². The predicted molar refractivity (Wildman–Crippen MR) is 74.8 cm³/mol. The summed E-state index contributed by atoms with van der Waals surface area (Å²) < 4.78 is 2.21. The van der Waals surface area contributed by atoms with Crippen molar-refractivity contribution in [1.29, 1.82) is 0 Å². The lowest BCUT2D eigenvalue weighted by atomic mass is 9.77. The first-order valence-corrected chi connectivity index (χ1v) is 6.86. The molecule has 1 aliphatic carbocycles. The van der Waals surface area contributed by atoms with Gasteiger partial charge in [-0.1, -0.05) is 17.7 Å². The summed E-state index contributed by atoms with van der Waals surface area (Å²) in [6.45, 7) is 4.30. The van der Waals surface area contributed by atoms with Gasteiger partial charge in [0, 0.05) is 6.04 Å². The van der Waals surface area contributed by atoms with Gasteiger partial charge in [0.15, 0.2) is 0 Å². The van der Waals surface area contributed by atoms with Gasteiger partial charge in [-0.25, -0.2) is 4.98 Å². The molecule has 0 saturated heterocycles. The van der Waals surface area contributed by atoms with Gasteiger partial charge < -0.3 is 10.3 Å². The van der Waals surface area contributed by atoms with Crippen LogP contribution in [0.25, 0.3) is 11.0 Å². The fraction of sp³-hybridized carbons (Fsp3) is 0.500. The van der Waals surface area contributed by atoms with E-state index >= 15 is 0 Å². The highest BCUT2D eigenvalue weighted by atomic mass is 35.5. The Balaban J connectivity index is 2.31. The van der Waals surface area contributed by atoms with Crippen LogP contribution in [0.1, 0.15) is 45.0 Å². The van der Waals surface area contributed by atoms with Crippen molar-refractivity contribution in [3.05, 3.63) is 29.0 Å². The summed E-state index contributed by atoms with van der Waals surface area (Å²) in [6.07, 6.45) is 3.22. The topological polar surface area (TPSA) is 43.8 Å². The smallest absolute Gasteiger partial charge is 0.130 e. The molecule has 0 bridgehead atoms. The third kappa shape index (κ3) is 1.57. The van der Waals surface area contributed by atoms with Crippen molar-refractivity contribution in [2.24, 2.45) is 5.73 Å². The van der Waals surface area contributed by atoms with Crippen LogP contribution in [-0.2, 0) is 5.54 Å². The first-order valence-electron chi connectivity index (χ1n) is 6.49. The second-order valence-corrected chi connectivity index (χ2v) is 5.92. The van der Waals surface area contributed by atoms with Crippen LogP contribution in [0, 0.1) is 0 Å². The average Bonchev–Trinajstić information content (AvgIpc) is 2.67. The first kappa shape index (κ1) is 12.0. The van der Waals surface area contributed by atoms with Gasteiger partial charge in [0.05, 0.1) is 21.6 Å². The number of benzene rings is 1. The Morgan fingerprint density at radius 2 is 2.11 bits per heavy atom. The van der Waals surface area contributed by atoms with Crippen molar-refractivity contribution >= 4 is 22.6 Å². The molecule has 0 unspecified atom stereocenters. The SMILES string of the molecule is CC(C)n1c(C2(N)CCC2)nc2cccc(Cl)c21. The number of nitrogens with zero attached hydrogens (tertiary/aromatic N) is 2. The molecule has 1 heterocycles. The number of nitrogens with two attached hydrogens (primary N) is 1. The maximum Gasteiger partial charge on any atom is 0.130 e. The zero-order valence-corrected chi connectivity index (χ0v) is 11.5. The maximum atomic E-state index is 6.45. The summed E-state index contributed by atoms with van der Waals surface area (Å²) >= 11 is 6.33. The molecular formula is C14H18ClN3. The van der Waals surface area contributed by atoms with Crippen LogP contribution in [0.5, 0.6) is 0 Å². The van der Waals surface area contributed by atoms with Crippen LogP contribution in [0.2, 0.25) is 5.02 Å². The molecule has 0 radical (unpaired) electrons. The lowest BCUT2D eigenvalue weighted by Gasteiger charge is -2.38. The molecule has 96 valence electrons. The molecule has 0 spiro atoms. The Bertz CT molecular complexity index is 596. The second-order valence-electron chi connectivity index (χ2n) is 5.52. The molecule has 3 nitrogen and oxygen atoms in total. The van der Waals surface area contributed by atoms with E-state index in [2.05, 4.69) is 18.4 Å². The number of fused-ring (bicyclic) bond motifs is 1. The highest BCUT2D eigenvalue weighted by molar-refractivity contribution is 6.35. The van der Waals surface area contributed by atoms with Gasteiger partial charge in [0.25, 0.3) is 0 Å². The molecule has 0 amide bonds. The van der Waals surface area contributed by atoms with Crippen molar-refractivity contribution in [1.82, 2.24) is 9.55 Å². The van der Waals surface area contributed by atoms with Gasteiger partial charge in [0.1, 0.15) is 5.82 Å². The van der Waals surface area contributed by atoms with E-state index in [1.54, 1.807) is 0 Å².